The number of aromatic carboxylic acids is 1. The van der Waals surface area contributed by atoms with E-state index >= 15 is 4.39 Å². The van der Waals surface area contributed by atoms with Crippen LogP contribution in [-0.2, 0) is 0 Å². The Morgan fingerprint density at radius 2 is 2.29 bits per heavy atom. The number of thiazole rings is 1. The van der Waals surface area contributed by atoms with E-state index in [9.17, 15) is 14.7 Å². The molecule has 2 N–H and O–H groups in total. The summed E-state index contributed by atoms with van der Waals surface area (Å²) >= 11 is 1.16. The van der Waals surface area contributed by atoms with Crippen LogP contribution in [0.15, 0.2) is 27.4 Å². The summed E-state index contributed by atoms with van der Waals surface area (Å²) < 4.78 is 16.9. The molecule has 1 aromatic carbocycles. The molecule has 9 heteroatoms. The lowest BCUT2D eigenvalue weighted by atomic mass is 10.0. The Morgan fingerprint density at radius 3 is 2.96 bits per heavy atom. The molecule has 0 radical (unpaired) electrons. The Morgan fingerprint density at radius 1 is 1.50 bits per heavy atom. The van der Waals surface area contributed by atoms with Gasteiger partial charge in [0.15, 0.2) is 0 Å². The molecule has 0 amide bonds. The molecule has 0 saturated carbocycles. The molecule has 3 aromatic rings. The normalized spacial score (nSPS) is 17.8. The highest BCUT2D eigenvalue weighted by Crippen LogP contribution is 2.33. The number of rotatable bonds is 3. The topological polar surface area (TPSA) is 86.4 Å². The second-order valence-electron chi connectivity index (χ2n) is 6.79. The molecule has 1 atom stereocenters. The number of nitrogens with one attached hydrogen (secondary N) is 1. The van der Waals surface area contributed by atoms with Crippen molar-refractivity contribution in [1.29, 1.82) is 0 Å². The number of carboxylic acid groups (broad SMARTS) is 1. The van der Waals surface area contributed by atoms with Crippen LogP contribution in [0.3, 0.4) is 0 Å². The molecule has 0 bridgehead atoms. The molecule has 1 saturated heterocycles. The summed E-state index contributed by atoms with van der Waals surface area (Å²) in [6, 6.07) is 1.34. The largest absolute Gasteiger partial charge is 0.477 e. The third kappa shape index (κ3) is 2.78. The molecule has 0 spiro atoms. The minimum Gasteiger partial charge on any atom is -0.477 e. The Bertz CT molecular complexity index is 1180. The summed E-state index contributed by atoms with van der Waals surface area (Å²) in [5.41, 5.74) is 0.307. The quantitative estimate of drug-likeness (QED) is 0.656. The van der Waals surface area contributed by atoms with Gasteiger partial charge >= 0.3 is 5.97 Å². The van der Waals surface area contributed by atoms with Gasteiger partial charge in [-0.05, 0) is 13.0 Å². The Hall–Kier alpha value is -2.78. The number of aliphatic imine (C=N–C) groups is 1. The first-order valence-corrected chi connectivity index (χ1v) is 9.73. The van der Waals surface area contributed by atoms with Gasteiger partial charge in [-0.2, -0.15) is 0 Å². The van der Waals surface area contributed by atoms with E-state index in [-0.39, 0.29) is 17.0 Å². The zero-order chi connectivity index (χ0) is 20.0. The van der Waals surface area contributed by atoms with Gasteiger partial charge in [0.05, 0.1) is 16.6 Å². The average Bonchev–Trinajstić information content (AvgIpc) is 3.10. The van der Waals surface area contributed by atoms with Gasteiger partial charge in [-0.3, -0.25) is 9.79 Å². The van der Waals surface area contributed by atoms with Gasteiger partial charge in [-0.1, -0.05) is 0 Å². The number of aromatic nitrogens is 1. The second-order valence-corrected chi connectivity index (χ2v) is 7.69. The van der Waals surface area contributed by atoms with Crippen LogP contribution in [0.5, 0.6) is 0 Å². The zero-order valence-electron chi connectivity index (χ0n) is 15.4. The van der Waals surface area contributed by atoms with Gasteiger partial charge in [-0.15, -0.1) is 11.3 Å². The smallest absolute Gasteiger partial charge is 0.342 e. The molecule has 2 aromatic heterocycles. The highest BCUT2D eigenvalue weighted by molar-refractivity contribution is 7.16. The minimum absolute atomic E-state index is 0.0348. The number of hydrogen-bond acceptors (Lipinski definition) is 6. The first kappa shape index (κ1) is 18.6. The molecule has 28 heavy (non-hydrogen) atoms. The first-order chi connectivity index (χ1) is 13.4. The van der Waals surface area contributed by atoms with Crippen LogP contribution >= 0.6 is 11.3 Å². The van der Waals surface area contributed by atoms with Crippen molar-refractivity contribution in [2.75, 3.05) is 31.6 Å². The highest BCUT2D eigenvalue weighted by Gasteiger charge is 2.27. The van der Waals surface area contributed by atoms with E-state index in [0.29, 0.717) is 41.2 Å². The fraction of sp³-hybridized carbons (Fsp3) is 0.316. The van der Waals surface area contributed by atoms with E-state index in [1.165, 1.54) is 6.21 Å². The van der Waals surface area contributed by atoms with Crippen LogP contribution in [0.25, 0.3) is 15.7 Å². The summed E-state index contributed by atoms with van der Waals surface area (Å²) in [4.78, 5) is 30.9. The maximum Gasteiger partial charge on any atom is 0.342 e. The number of benzene rings is 1. The van der Waals surface area contributed by atoms with Crippen LogP contribution < -0.4 is 15.6 Å². The third-order valence-corrected chi connectivity index (χ3v) is 5.84. The number of anilines is 1. The van der Waals surface area contributed by atoms with Crippen LogP contribution in [0.2, 0.25) is 0 Å². The molecular formula is C19H19FN4O3S. The van der Waals surface area contributed by atoms with E-state index in [4.69, 9.17) is 0 Å². The van der Waals surface area contributed by atoms with Gasteiger partial charge in [0.1, 0.15) is 16.2 Å². The standard InChI is InChI=1S/C19H19FN4O3S/c1-10-9-23(4-3-22-10)16-12(8-21-2)15-11(7-13(16)20)17(25)14(19(26)27)18-24(15)5-6-28-18/h5-8,10,22H,3-4,9H2,1-2H3,(H,26,27). The number of halogens is 1. The summed E-state index contributed by atoms with van der Waals surface area (Å²) in [5.74, 6) is -1.88. The zero-order valence-corrected chi connectivity index (χ0v) is 16.2. The Kier molecular flexibility index (Phi) is 4.64. The van der Waals surface area contributed by atoms with Gasteiger partial charge in [0.2, 0.25) is 5.43 Å². The van der Waals surface area contributed by atoms with Crippen LogP contribution in [0.1, 0.15) is 22.8 Å². The first-order valence-electron chi connectivity index (χ1n) is 8.85. The Balaban J connectivity index is 2.15. The lowest BCUT2D eigenvalue weighted by molar-refractivity contribution is 0.0697. The van der Waals surface area contributed by atoms with Crippen molar-refractivity contribution < 1.29 is 14.3 Å². The molecular weight excluding hydrogens is 383 g/mol. The van der Waals surface area contributed by atoms with Crippen molar-refractivity contribution in [3.63, 3.8) is 0 Å². The van der Waals surface area contributed by atoms with Gasteiger partial charge in [-0.25, -0.2) is 9.18 Å². The fourth-order valence-electron chi connectivity index (χ4n) is 3.85. The van der Waals surface area contributed by atoms with Crippen molar-refractivity contribution in [3.8, 4) is 0 Å². The molecule has 1 aliphatic rings. The predicted octanol–water partition coefficient (Wildman–Crippen LogP) is 2.20. The number of pyridine rings is 1. The van der Waals surface area contributed by atoms with Crippen LogP contribution in [0.4, 0.5) is 10.1 Å². The molecule has 1 aliphatic heterocycles. The predicted molar refractivity (Wildman–Crippen MR) is 109 cm³/mol. The number of piperazine rings is 1. The summed E-state index contributed by atoms with van der Waals surface area (Å²) in [6.07, 6.45) is 3.24. The van der Waals surface area contributed by atoms with E-state index < -0.39 is 17.2 Å². The van der Waals surface area contributed by atoms with Gasteiger partial charge in [0, 0.05) is 56.1 Å². The molecule has 7 nitrogen and oxygen atoms in total. The minimum atomic E-state index is -1.32. The van der Waals surface area contributed by atoms with E-state index in [2.05, 4.69) is 10.3 Å². The van der Waals surface area contributed by atoms with Crippen LogP contribution in [0, 0.1) is 5.82 Å². The van der Waals surface area contributed by atoms with Crippen molar-refractivity contribution in [2.45, 2.75) is 13.0 Å². The van der Waals surface area contributed by atoms with Crippen LogP contribution in [-0.4, -0.2) is 54.4 Å². The molecule has 4 rings (SSSR count). The molecule has 3 heterocycles. The molecule has 0 aliphatic carbocycles. The van der Waals surface area contributed by atoms with Crippen molar-refractivity contribution in [1.82, 2.24) is 9.72 Å². The number of hydrogen-bond donors (Lipinski definition) is 2. The van der Waals surface area contributed by atoms with E-state index in [0.717, 1.165) is 17.4 Å². The maximum atomic E-state index is 15.2. The SMILES string of the molecule is CN=Cc1c(N2CCNC(C)C2)c(F)cc2c(=O)c(C(=O)O)c3sccn3c12. The highest BCUT2D eigenvalue weighted by atomic mass is 32.1. The van der Waals surface area contributed by atoms with Crippen molar-refractivity contribution >= 4 is 44.9 Å². The fourth-order valence-corrected chi connectivity index (χ4v) is 4.72. The lowest BCUT2D eigenvalue weighted by Gasteiger charge is -2.35. The monoisotopic (exact) mass is 402 g/mol. The van der Waals surface area contributed by atoms with E-state index in [1.54, 1.807) is 23.0 Å². The van der Waals surface area contributed by atoms with Crippen molar-refractivity contribution in [3.05, 3.63) is 44.8 Å². The lowest BCUT2D eigenvalue weighted by Crippen LogP contribution is -2.49. The molecule has 1 fully saturated rings. The average molecular weight is 402 g/mol. The van der Waals surface area contributed by atoms with Gasteiger partial charge in [0.25, 0.3) is 0 Å². The number of fused-ring (bicyclic) bond motifs is 3. The van der Waals surface area contributed by atoms with Crippen molar-refractivity contribution in [2.24, 2.45) is 4.99 Å². The number of nitrogens with zero attached hydrogens (tertiary/aromatic N) is 3. The summed E-state index contributed by atoms with van der Waals surface area (Å²) in [5, 5.41) is 14.6. The molecule has 146 valence electrons. The Labute approximate surface area is 163 Å². The summed E-state index contributed by atoms with van der Waals surface area (Å²) in [6.45, 7) is 3.97. The molecule has 1 unspecified atom stereocenters. The third-order valence-electron chi connectivity index (χ3n) is 4.95. The summed E-state index contributed by atoms with van der Waals surface area (Å²) in [7, 11) is 1.58. The number of carbonyl (C=O) groups is 1. The van der Waals surface area contributed by atoms with E-state index in [1.807, 2.05) is 11.8 Å². The number of carboxylic acids is 1. The van der Waals surface area contributed by atoms with Gasteiger partial charge < -0.3 is 19.7 Å². The second kappa shape index (κ2) is 6.99. The maximum absolute atomic E-state index is 15.2.